The van der Waals surface area contributed by atoms with Crippen LogP contribution in [0.5, 0.6) is 11.5 Å². The van der Waals surface area contributed by atoms with Gasteiger partial charge in [0.2, 0.25) is 0 Å². The summed E-state index contributed by atoms with van der Waals surface area (Å²) in [6.07, 6.45) is 0. The third-order valence-corrected chi connectivity index (χ3v) is 5.19. The zero-order valence-electron chi connectivity index (χ0n) is 19.0. The van der Waals surface area contributed by atoms with E-state index in [4.69, 9.17) is 9.47 Å². The number of carbonyl (C=O) groups is 2. The van der Waals surface area contributed by atoms with Crippen LogP contribution in [-0.4, -0.2) is 18.9 Å². The molecule has 0 aliphatic rings. The second-order valence-corrected chi connectivity index (χ2v) is 7.59. The van der Waals surface area contributed by atoms with Crippen LogP contribution in [0.1, 0.15) is 26.3 Å². The van der Waals surface area contributed by atoms with Crippen LogP contribution in [0.3, 0.4) is 0 Å². The average Bonchev–Trinajstić information content (AvgIpc) is 2.88. The van der Waals surface area contributed by atoms with Gasteiger partial charge in [0.05, 0.1) is 12.8 Å². The molecule has 2 amide bonds. The maximum atomic E-state index is 13.5. The number of anilines is 2. The lowest BCUT2D eigenvalue weighted by Crippen LogP contribution is -2.16. The predicted molar refractivity (Wildman–Crippen MR) is 133 cm³/mol. The number of methoxy groups -OCH3 is 1. The van der Waals surface area contributed by atoms with E-state index in [1.165, 1.54) is 25.3 Å². The van der Waals surface area contributed by atoms with E-state index in [-0.39, 0.29) is 18.1 Å². The quantitative estimate of drug-likeness (QED) is 0.335. The van der Waals surface area contributed by atoms with Crippen molar-refractivity contribution in [2.45, 2.75) is 6.61 Å². The first kappa shape index (κ1) is 23.5. The van der Waals surface area contributed by atoms with Crippen LogP contribution in [0.2, 0.25) is 0 Å². The number of rotatable bonds is 8. The van der Waals surface area contributed by atoms with Gasteiger partial charge < -0.3 is 20.1 Å². The Morgan fingerprint density at radius 3 is 2.34 bits per heavy atom. The molecule has 4 aromatic rings. The van der Waals surface area contributed by atoms with Gasteiger partial charge in [0.25, 0.3) is 11.8 Å². The third-order valence-electron chi connectivity index (χ3n) is 5.19. The van der Waals surface area contributed by atoms with Crippen LogP contribution >= 0.6 is 0 Å². The van der Waals surface area contributed by atoms with Crippen molar-refractivity contribution >= 4 is 23.2 Å². The van der Waals surface area contributed by atoms with Crippen LogP contribution in [0, 0.1) is 5.82 Å². The van der Waals surface area contributed by atoms with Crippen molar-refractivity contribution < 1.29 is 23.5 Å². The second kappa shape index (κ2) is 11.0. The summed E-state index contributed by atoms with van der Waals surface area (Å²) in [6.45, 7) is 0.227. The molecular weight excluding hydrogens is 447 g/mol. The van der Waals surface area contributed by atoms with E-state index in [0.29, 0.717) is 28.4 Å². The summed E-state index contributed by atoms with van der Waals surface area (Å²) in [4.78, 5) is 25.7. The number of ether oxygens (including phenoxy) is 2. The molecule has 0 radical (unpaired) electrons. The highest BCUT2D eigenvalue weighted by Gasteiger charge is 2.15. The van der Waals surface area contributed by atoms with Crippen molar-refractivity contribution in [1.29, 1.82) is 0 Å². The first-order chi connectivity index (χ1) is 17.0. The lowest BCUT2D eigenvalue weighted by molar-refractivity contribution is 0.101. The Kier molecular flexibility index (Phi) is 7.37. The number of amides is 2. The van der Waals surface area contributed by atoms with Gasteiger partial charge in [-0.1, -0.05) is 42.5 Å². The number of hydrogen-bond acceptors (Lipinski definition) is 4. The Bertz CT molecular complexity index is 1340. The van der Waals surface area contributed by atoms with Crippen LogP contribution in [-0.2, 0) is 6.61 Å². The van der Waals surface area contributed by atoms with E-state index in [0.717, 1.165) is 11.6 Å². The van der Waals surface area contributed by atoms with Crippen LogP contribution < -0.4 is 20.1 Å². The Hall–Kier alpha value is -4.65. The minimum atomic E-state index is -0.513. The zero-order chi connectivity index (χ0) is 24.6. The van der Waals surface area contributed by atoms with Gasteiger partial charge in [-0.05, 0) is 54.6 Å². The first-order valence-corrected chi connectivity index (χ1v) is 10.9. The Balaban J connectivity index is 1.50. The van der Waals surface area contributed by atoms with E-state index >= 15 is 0 Å². The van der Waals surface area contributed by atoms with Gasteiger partial charge in [-0.2, -0.15) is 0 Å². The molecular formula is C28H23FN2O4. The Morgan fingerprint density at radius 1 is 0.800 bits per heavy atom. The number of benzene rings is 4. The molecule has 0 heterocycles. The largest absolute Gasteiger partial charge is 0.495 e. The van der Waals surface area contributed by atoms with Crippen molar-refractivity contribution in [1.82, 2.24) is 0 Å². The number of halogens is 1. The summed E-state index contributed by atoms with van der Waals surface area (Å²) in [7, 11) is 1.47. The summed E-state index contributed by atoms with van der Waals surface area (Å²) in [6, 6.07) is 26.7. The highest BCUT2D eigenvalue weighted by Crippen LogP contribution is 2.29. The number of hydrogen-bond donors (Lipinski definition) is 2. The lowest BCUT2D eigenvalue weighted by Gasteiger charge is -2.14. The number of nitrogens with one attached hydrogen (secondary N) is 2. The van der Waals surface area contributed by atoms with Gasteiger partial charge >= 0.3 is 0 Å². The SMILES string of the molecule is COc1ccc(NC(=O)c2ccccc2COc2ccccc2)cc1NC(=O)c1cccc(F)c1. The van der Waals surface area contributed by atoms with Gasteiger partial charge in [0.15, 0.2) is 0 Å². The molecule has 0 saturated heterocycles. The highest BCUT2D eigenvalue weighted by atomic mass is 19.1. The minimum Gasteiger partial charge on any atom is -0.495 e. The molecule has 0 bridgehead atoms. The average molecular weight is 471 g/mol. The molecule has 35 heavy (non-hydrogen) atoms. The smallest absolute Gasteiger partial charge is 0.256 e. The van der Waals surface area contributed by atoms with Crippen molar-refractivity contribution in [3.8, 4) is 11.5 Å². The maximum absolute atomic E-state index is 13.5. The first-order valence-electron chi connectivity index (χ1n) is 10.9. The summed E-state index contributed by atoms with van der Waals surface area (Å²) in [5.74, 6) is -0.249. The molecule has 0 aliphatic carbocycles. The fourth-order valence-corrected chi connectivity index (χ4v) is 3.45. The Labute approximate surface area is 202 Å². The fourth-order valence-electron chi connectivity index (χ4n) is 3.45. The van der Waals surface area contributed by atoms with Crippen molar-refractivity contribution in [3.05, 3.63) is 120 Å². The molecule has 0 unspecified atom stereocenters. The van der Waals surface area contributed by atoms with Gasteiger partial charge in [-0.15, -0.1) is 0 Å². The summed E-state index contributed by atoms with van der Waals surface area (Å²) in [5, 5.41) is 5.56. The van der Waals surface area contributed by atoms with Crippen molar-refractivity contribution in [2.24, 2.45) is 0 Å². The van der Waals surface area contributed by atoms with Crippen LogP contribution in [0.25, 0.3) is 0 Å². The molecule has 0 aromatic heterocycles. The van der Waals surface area contributed by atoms with E-state index in [1.807, 2.05) is 42.5 Å². The molecule has 7 heteroatoms. The molecule has 2 N–H and O–H groups in total. The van der Waals surface area contributed by atoms with E-state index < -0.39 is 11.7 Å². The highest BCUT2D eigenvalue weighted by molar-refractivity contribution is 6.07. The van der Waals surface area contributed by atoms with Crippen LogP contribution in [0.15, 0.2) is 97.1 Å². The number of carbonyl (C=O) groups excluding carboxylic acids is 2. The van der Waals surface area contributed by atoms with E-state index in [9.17, 15) is 14.0 Å². The molecule has 4 aromatic carbocycles. The van der Waals surface area contributed by atoms with Crippen molar-refractivity contribution in [3.63, 3.8) is 0 Å². The molecule has 6 nitrogen and oxygen atoms in total. The summed E-state index contributed by atoms with van der Waals surface area (Å²) in [5.41, 5.74) is 2.13. The topological polar surface area (TPSA) is 76.7 Å². The molecule has 176 valence electrons. The van der Waals surface area contributed by atoms with Gasteiger partial charge in [0, 0.05) is 22.4 Å². The standard InChI is InChI=1S/C28H23FN2O4/c1-34-26-15-14-22(17-25(26)31-27(32)19-9-7-10-21(29)16-19)30-28(33)24-13-6-5-8-20(24)18-35-23-11-3-2-4-12-23/h2-17H,18H2,1H3,(H,30,33)(H,31,32). The molecule has 0 saturated carbocycles. The van der Waals surface area contributed by atoms with Crippen molar-refractivity contribution in [2.75, 3.05) is 17.7 Å². The lowest BCUT2D eigenvalue weighted by atomic mass is 10.1. The molecule has 0 atom stereocenters. The normalized spacial score (nSPS) is 10.3. The minimum absolute atomic E-state index is 0.161. The van der Waals surface area contributed by atoms with E-state index in [2.05, 4.69) is 10.6 Å². The number of para-hydroxylation sites is 1. The summed E-state index contributed by atoms with van der Waals surface area (Å²) >= 11 is 0. The molecule has 0 spiro atoms. The van der Waals surface area contributed by atoms with Gasteiger partial charge in [-0.3, -0.25) is 9.59 Å². The molecule has 4 rings (SSSR count). The fraction of sp³-hybridized carbons (Fsp3) is 0.0714. The van der Waals surface area contributed by atoms with E-state index in [1.54, 1.807) is 30.3 Å². The summed E-state index contributed by atoms with van der Waals surface area (Å²) < 4.78 is 24.6. The monoisotopic (exact) mass is 470 g/mol. The van der Waals surface area contributed by atoms with Crippen LogP contribution in [0.4, 0.5) is 15.8 Å². The predicted octanol–water partition coefficient (Wildman–Crippen LogP) is 5.92. The second-order valence-electron chi connectivity index (χ2n) is 7.59. The molecule has 0 fully saturated rings. The molecule has 0 aliphatic heterocycles. The zero-order valence-corrected chi connectivity index (χ0v) is 19.0. The Morgan fingerprint density at radius 2 is 1.57 bits per heavy atom. The maximum Gasteiger partial charge on any atom is 0.256 e. The van der Waals surface area contributed by atoms with Gasteiger partial charge in [-0.25, -0.2) is 4.39 Å². The third kappa shape index (κ3) is 6.03. The van der Waals surface area contributed by atoms with Gasteiger partial charge in [0.1, 0.15) is 23.9 Å².